The first-order valence-corrected chi connectivity index (χ1v) is 8.63. The molecule has 5 heteroatoms. The van der Waals surface area contributed by atoms with E-state index in [-0.39, 0.29) is 12.1 Å². The Hall–Kier alpha value is -0.910. The molecule has 0 aliphatic carbocycles. The zero-order valence-corrected chi connectivity index (χ0v) is 13.2. The second-order valence-electron chi connectivity index (χ2n) is 5.96. The standard InChI is InChI=1S/C15H24N2O2S/c1-11-7-8-17(12(2)9-11)20(18,19)15-6-4-5-14(10-15)13(3)16/h4-6,10-13H,7-9,16H2,1-3H3. The van der Waals surface area contributed by atoms with Crippen molar-refractivity contribution < 1.29 is 8.42 Å². The highest BCUT2D eigenvalue weighted by Crippen LogP contribution is 2.28. The van der Waals surface area contributed by atoms with E-state index in [1.165, 1.54) is 0 Å². The van der Waals surface area contributed by atoms with E-state index in [0.29, 0.717) is 17.4 Å². The molecule has 1 aliphatic heterocycles. The Morgan fingerprint density at radius 2 is 2.05 bits per heavy atom. The molecular weight excluding hydrogens is 272 g/mol. The van der Waals surface area contributed by atoms with E-state index in [4.69, 9.17) is 5.73 Å². The molecule has 20 heavy (non-hydrogen) atoms. The van der Waals surface area contributed by atoms with Gasteiger partial charge in [-0.15, -0.1) is 0 Å². The second kappa shape index (κ2) is 5.84. The number of rotatable bonds is 3. The van der Waals surface area contributed by atoms with Crippen LogP contribution in [-0.2, 0) is 10.0 Å². The lowest BCUT2D eigenvalue weighted by molar-refractivity contribution is 0.220. The minimum Gasteiger partial charge on any atom is -0.324 e. The Labute approximate surface area is 122 Å². The van der Waals surface area contributed by atoms with Crippen LogP contribution in [0.25, 0.3) is 0 Å². The second-order valence-corrected chi connectivity index (χ2v) is 7.85. The van der Waals surface area contributed by atoms with Crippen LogP contribution in [0.4, 0.5) is 0 Å². The Bertz CT molecular complexity index is 569. The number of hydrogen-bond acceptors (Lipinski definition) is 3. The van der Waals surface area contributed by atoms with Gasteiger partial charge in [0.2, 0.25) is 10.0 Å². The molecule has 1 aromatic carbocycles. The first-order valence-electron chi connectivity index (χ1n) is 7.19. The number of hydrogen-bond donors (Lipinski definition) is 1. The number of nitrogens with two attached hydrogens (primary N) is 1. The minimum atomic E-state index is -3.41. The van der Waals surface area contributed by atoms with E-state index in [1.54, 1.807) is 22.5 Å². The first-order chi connectivity index (χ1) is 9.32. The summed E-state index contributed by atoms with van der Waals surface area (Å²) in [6, 6.07) is 6.89. The molecule has 4 nitrogen and oxygen atoms in total. The lowest BCUT2D eigenvalue weighted by Gasteiger charge is -2.35. The highest BCUT2D eigenvalue weighted by molar-refractivity contribution is 7.89. The van der Waals surface area contributed by atoms with Crippen molar-refractivity contribution in [3.8, 4) is 0 Å². The van der Waals surface area contributed by atoms with Crippen LogP contribution >= 0.6 is 0 Å². The fourth-order valence-electron chi connectivity index (χ4n) is 2.84. The molecule has 1 aromatic rings. The van der Waals surface area contributed by atoms with Crippen LogP contribution in [0.2, 0.25) is 0 Å². The van der Waals surface area contributed by atoms with Crippen LogP contribution in [0, 0.1) is 5.92 Å². The van der Waals surface area contributed by atoms with Gasteiger partial charge in [-0.25, -0.2) is 8.42 Å². The largest absolute Gasteiger partial charge is 0.324 e. The third-order valence-corrected chi connectivity index (χ3v) is 6.08. The average molecular weight is 296 g/mol. The number of sulfonamides is 1. The van der Waals surface area contributed by atoms with Crippen molar-refractivity contribution in [3.05, 3.63) is 29.8 Å². The van der Waals surface area contributed by atoms with Crippen LogP contribution in [0.1, 0.15) is 45.2 Å². The lowest BCUT2D eigenvalue weighted by atomic mass is 9.95. The Morgan fingerprint density at radius 3 is 2.65 bits per heavy atom. The van der Waals surface area contributed by atoms with Gasteiger partial charge in [-0.3, -0.25) is 0 Å². The summed E-state index contributed by atoms with van der Waals surface area (Å²) in [7, 11) is -3.41. The van der Waals surface area contributed by atoms with Gasteiger partial charge in [0.1, 0.15) is 0 Å². The Morgan fingerprint density at radius 1 is 1.35 bits per heavy atom. The van der Waals surface area contributed by atoms with Gasteiger partial charge in [0.05, 0.1) is 4.90 Å². The van der Waals surface area contributed by atoms with E-state index in [2.05, 4.69) is 6.92 Å². The van der Waals surface area contributed by atoms with Crippen molar-refractivity contribution in [1.29, 1.82) is 0 Å². The topological polar surface area (TPSA) is 63.4 Å². The molecule has 1 saturated heterocycles. The van der Waals surface area contributed by atoms with E-state index in [9.17, 15) is 8.42 Å². The maximum atomic E-state index is 12.8. The van der Waals surface area contributed by atoms with Crippen LogP contribution in [0.3, 0.4) is 0 Å². The van der Waals surface area contributed by atoms with Gasteiger partial charge in [0, 0.05) is 18.6 Å². The minimum absolute atomic E-state index is 0.0581. The van der Waals surface area contributed by atoms with Crippen LogP contribution in [0.5, 0.6) is 0 Å². The molecule has 0 saturated carbocycles. The summed E-state index contributed by atoms with van der Waals surface area (Å²) < 4.78 is 27.2. The summed E-state index contributed by atoms with van der Waals surface area (Å²) in [5.74, 6) is 0.590. The van der Waals surface area contributed by atoms with Gasteiger partial charge in [-0.2, -0.15) is 4.31 Å². The zero-order valence-electron chi connectivity index (χ0n) is 12.4. The molecule has 3 unspecified atom stereocenters. The number of benzene rings is 1. The molecule has 2 N–H and O–H groups in total. The molecule has 1 aliphatic rings. The van der Waals surface area contributed by atoms with Gasteiger partial charge in [0.15, 0.2) is 0 Å². The molecule has 0 spiro atoms. The summed E-state index contributed by atoms with van der Waals surface area (Å²) in [5.41, 5.74) is 6.69. The SMILES string of the molecule is CC1CCN(S(=O)(=O)c2cccc(C(C)N)c2)C(C)C1. The van der Waals surface area contributed by atoms with Crippen molar-refractivity contribution in [2.45, 2.75) is 50.6 Å². The highest BCUT2D eigenvalue weighted by atomic mass is 32.2. The van der Waals surface area contributed by atoms with E-state index in [1.807, 2.05) is 19.9 Å². The molecule has 3 atom stereocenters. The zero-order chi connectivity index (χ0) is 14.9. The Balaban J connectivity index is 2.33. The van der Waals surface area contributed by atoms with E-state index in [0.717, 1.165) is 18.4 Å². The summed E-state index contributed by atoms with van der Waals surface area (Å²) >= 11 is 0. The number of nitrogens with zero attached hydrogens (tertiary/aromatic N) is 1. The maximum Gasteiger partial charge on any atom is 0.243 e. The van der Waals surface area contributed by atoms with E-state index >= 15 is 0 Å². The van der Waals surface area contributed by atoms with E-state index < -0.39 is 10.0 Å². The molecule has 0 amide bonds. The fourth-order valence-corrected chi connectivity index (χ4v) is 4.55. The summed E-state index contributed by atoms with van der Waals surface area (Å²) in [6.45, 7) is 6.63. The van der Waals surface area contributed by atoms with Crippen molar-refractivity contribution >= 4 is 10.0 Å². The molecule has 0 bridgehead atoms. The average Bonchev–Trinajstić information content (AvgIpc) is 2.38. The van der Waals surface area contributed by atoms with Crippen LogP contribution in [-0.4, -0.2) is 25.3 Å². The third-order valence-electron chi connectivity index (χ3n) is 4.07. The quantitative estimate of drug-likeness (QED) is 0.932. The molecule has 2 rings (SSSR count). The summed E-state index contributed by atoms with van der Waals surface area (Å²) in [4.78, 5) is 0.355. The predicted octanol–water partition coefficient (Wildman–Crippen LogP) is 2.52. The van der Waals surface area contributed by atoms with Crippen molar-refractivity contribution in [1.82, 2.24) is 4.31 Å². The van der Waals surface area contributed by atoms with Crippen LogP contribution in [0.15, 0.2) is 29.2 Å². The lowest BCUT2D eigenvalue weighted by Crippen LogP contribution is -2.44. The fraction of sp³-hybridized carbons (Fsp3) is 0.600. The van der Waals surface area contributed by atoms with Crippen LogP contribution < -0.4 is 5.73 Å². The molecule has 1 heterocycles. The van der Waals surface area contributed by atoms with Gasteiger partial charge >= 0.3 is 0 Å². The highest BCUT2D eigenvalue weighted by Gasteiger charge is 2.33. The van der Waals surface area contributed by atoms with Gasteiger partial charge in [-0.1, -0.05) is 19.1 Å². The van der Waals surface area contributed by atoms with Gasteiger partial charge < -0.3 is 5.73 Å². The predicted molar refractivity (Wildman–Crippen MR) is 80.8 cm³/mol. The van der Waals surface area contributed by atoms with Crippen molar-refractivity contribution in [2.24, 2.45) is 11.7 Å². The molecular formula is C15H24N2O2S. The number of piperidine rings is 1. The molecule has 0 radical (unpaired) electrons. The molecule has 0 aromatic heterocycles. The Kier molecular flexibility index (Phi) is 4.52. The van der Waals surface area contributed by atoms with Crippen molar-refractivity contribution in [2.75, 3.05) is 6.54 Å². The van der Waals surface area contributed by atoms with Crippen molar-refractivity contribution in [3.63, 3.8) is 0 Å². The molecule has 112 valence electrons. The van der Waals surface area contributed by atoms with Gasteiger partial charge in [-0.05, 0) is 50.3 Å². The normalized spacial score (nSPS) is 26.4. The maximum absolute atomic E-state index is 12.8. The molecule has 1 fully saturated rings. The first kappa shape index (κ1) is 15.5. The summed E-state index contributed by atoms with van der Waals surface area (Å²) in [5, 5.41) is 0. The van der Waals surface area contributed by atoms with Gasteiger partial charge in [0.25, 0.3) is 0 Å². The summed E-state index contributed by atoms with van der Waals surface area (Å²) in [6.07, 6.45) is 1.85. The smallest absolute Gasteiger partial charge is 0.243 e. The monoisotopic (exact) mass is 296 g/mol. The third kappa shape index (κ3) is 3.05.